The first-order valence-electron chi connectivity index (χ1n) is 15.1. The number of nitrogens with zero attached hydrogens (tertiary/aromatic N) is 5. The molecule has 13 heteroatoms. The van der Waals surface area contributed by atoms with Crippen molar-refractivity contribution in [1.82, 2.24) is 27.3 Å². The molecule has 2 aromatic carbocycles. The van der Waals surface area contributed by atoms with E-state index < -0.39 is 9.85 Å². The highest BCUT2D eigenvalue weighted by Crippen LogP contribution is 2.32. The van der Waals surface area contributed by atoms with E-state index in [1.165, 1.54) is 107 Å². The van der Waals surface area contributed by atoms with E-state index in [4.69, 9.17) is 9.47 Å². The maximum absolute atomic E-state index is 11.4. The van der Waals surface area contributed by atoms with E-state index in [0.717, 1.165) is 19.3 Å². The topological polar surface area (TPSA) is 213 Å². The van der Waals surface area contributed by atoms with Gasteiger partial charge in [-0.2, -0.15) is 9.97 Å². The molecule has 0 aliphatic rings. The lowest BCUT2D eigenvalue weighted by Gasteiger charge is -2.09. The van der Waals surface area contributed by atoms with Crippen LogP contribution < -0.4 is 21.8 Å². The van der Waals surface area contributed by atoms with Gasteiger partial charge in [-0.25, -0.2) is 0 Å². The van der Waals surface area contributed by atoms with Gasteiger partial charge in [-0.15, -0.1) is 4.98 Å². The van der Waals surface area contributed by atoms with Gasteiger partial charge in [0, 0.05) is 18.6 Å². The average molecular weight is 614 g/mol. The van der Waals surface area contributed by atoms with E-state index in [1.54, 1.807) is 12.1 Å². The van der Waals surface area contributed by atoms with Crippen molar-refractivity contribution in [2.75, 3.05) is 0 Å². The van der Waals surface area contributed by atoms with Crippen LogP contribution in [-0.2, 0) is 6.42 Å². The van der Waals surface area contributed by atoms with Crippen molar-refractivity contribution in [2.24, 2.45) is 0 Å². The van der Waals surface area contributed by atoms with Crippen LogP contribution in [0.1, 0.15) is 103 Å². The summed E-state index contributed by atoms with van der Waals surface area (Å²) < 4.78 is 11.3. The van der Waals surface area contributed by atoms with Crippen molar-refractivity contribution in [1.29, 1.82) is 0 Å². The molecule has 6 N–H and O–H groups in total. The predicted molar refractivity (Wildman–Crippen MR) is 170 cm³/mol. The van der Waals surface area contributed by atoms with Crippen LogP contribution in [0.15, 0.2) is 48.5 Å². The molecule has 0 aliphatic heterocycles. The van der Waals surface area contributed by atoms with Crippen molar-refractivity contribution in [2.45, 2.75) is 103 Å². The number of nitro benzene ring substituents is 2. The molecule has 0 unspecified atom stereocenters. The van der Waals surface area contributed by atoms with Gasteiger partial charge in [-0.3, -0.25) is 20.2 Å². The van der Waals surface area contributed by atoms with Gasteiger partial charge in [0.2, 0.25) is 11.5 Å². The Hall–Kier alpha value is -4.23. The van der Waals surface area contributed by atoms with Gasteiger partial charge in [-0.1, -0.05) is 115 Å². The summed E-state index contributed by atoms with van der Waals surface area (Å²) >= 11 is 0. The molecule has 0 atom stereocenters. The zero-order valence-electron chi connectivity index (χ0n) is 25.8. The molecule has 0 amide bonds. The summed E-state index contributed by atoms with van der Waals surface area (Å²) in [7, 11) is 0. The number of aromatic nitrogens is 3. The number of para-hydroxylation sites is 4. The van der Waals surface area contributed by atoms with Crippen molar-refractivity contribution < 1.29 is 19.3 Å². The number of rotatable bonds is 21. The van der Waals surface area contributed by atoms with Crippen LogP contribution in [0.2, 0.25) is 0 Å². The first kappa shape index (κ1) is 37.8. The van der Waals surface area contributed by atoms with Crippen LogP contribution in [0.5, 0.6) is 23.5 Å². The minimum Gasteiger partial charge on any atom is -0.417 e. The molecule has 1 aromatic heterocycles. The third-order valence-corrected chi connectivity index (χ3v) is 6.92. The molecule has 0 radical (unpaired) electrons. The highest BCUT2D eigenvalue weighted by Gasteiger charge is 2.20. The molecule has 0 saturated heterocycles. The fraction of sp³-hybridized carbons (Fsp3) is 0.516. The van der Waals surface area contributed by atoms with Crippen LogP contribution in [0.4, 0.5) is 11.4 Å². The summed E-state index contributed by atoms with van der Waals surface area (Å²) in [6, 6.07) is 11.4. The van der Waals surface area contributed by atoms with Crippen LogP contribution in [0.25, 0.3) is 0 Å². The van der Waals surface area contributed by atoms with Gasteiger partial charge >= 0.3 is 23.4 Å². The molecule has 3 rings (SSSR count). The summed E-state index contributed by atoms with van der Waals surface area (Å²) in [4.78, 5) is 34.6. The van der Waals surface area contributed by atoms with E-state index in [1.807, 2.05) is 0 Å². The lowest BCUT2D eigenvalue weighted by atomic mass is 10.0. The molecular weight excluding hydrogens is 566 g/mol. The van der Waals surface area contributed by atoms with Crippen LogP contribution in [0, 0.1) is 20.2 Å². The second-order valence-corrected chi connectivity index (χ2v) is 10.3. The minimum absolute atomic E-state index is 0. The van der Waals surface area contributed by atoms with Gasteiger partial charge in [0.05, 0.1) is 9.85 Å². The van der Waals surface area contributed by atoms with Gasteiger partial charge in [0.1, 0.15) is 5.82 Å². The molecule has 242 valence electrons. The number of benzene rings is 2. The minimum atomic E-state index is -0.559. The van der Waals surface area contributed by atoms with E-state index >= 15 is 0 Å². The van der Waals surface area contributed by atoms with Crippen LogP contribution in [0.3, 0.4) is 0 Å². The van der Waals surface area contributed by atoms with Gasteiger partial charge in [0.25, 0.3) is 0 Å². The zero-order valence-corrected chi connectivity index (χ0v) is 25.8. The number of unbranched alkanes of at least 4 members (excludes halogenated alkanes) is 13. The maximum Gasteiger partial charge on any atom is 0.328 e. The second-order valence-electron chi connectivity index (χ2n) is 10.3. The Bertz CT molecular complexity index is 1200. The number of hydrogen-bond acceptors (Lipinski definition) is 11. The number of hydrogen-bond donors (Lipinski definition) is 2. The highest BCUT2D eigenvalue weighted by molar-refractivity contribution is 5.48. The van der Waals surface area contributed by atoms with E-state index in [-0.39, 0.29) is 47.2 Å². The van der Waals surface area contributed by atoms with Crippen molar-refractivity contribution in [3.63, 3.8) is 0 Å². The molecule has 44 heavy (non-hydrogen) atoms. The Morgan fingerprint density at radius 2 is 0.932 bits per heavy atom. The van der Waals surface area contributed by atoms with Crippen molar-refractivity contribution >= 4 is 11.4 Å². The fourth-order valence-electron chi connectivity index (χ4n) is 4.64. The molecule has 13 nitrogen and oxygen atoms in total. The molecule has 1 heterocycles. The third-order valence-electron chi connectivity index (χ3n) is 6.92. The first-order chi connectivity index (χ1) is 20.5. The van der Waals surface area contributed by atoms with Gasteiger partial charge in [-0.05, 0) is 18.6 Å². The standard InChI is InChI=1S/C31H41N5O6.2H3N/c1-2-3-4-5-6-7-8-9-10-11-12-13-14-15-24-29-32-30(41-27-22-18-16-20-25(27)35(37)38)34-31(33-29)42-28-23-19-17-21-26(28)36(39)40;;/h16-23H,2-15,24H2,1H3;2*1H3. The summed E-state index contributed by atoms with van der Waals surface area (Å²) in [5.74, 6) is 0.312. The fourth-order valence-corrected chi connectivity index (χ4v) is 4.64. The monoisotopic (exact) mass is 613 g/mol. The second kappa shape index (κ2) is 21.5. The Balaban J connectivity index is 0.00000484. The molecular formula is C31H47N7O6. The van der Waals surface area contributed by atoms with E-state index in [9.17, 15) is 20.2 Å². The molecule has 0 aliphatic carbocycles. The van der Waals surface area contributed by atoms with Crippen LogP contribution in [-0.4, -0.2) is 24.8 Å². The van der Waals surface area contributed by atoms with E-state index in [0.29, 0.717) is 12.2 Å². The quantitative estimate of drug-likeness (QED) is 0.0654. The lowest BCUT2D eigenvalue weighted by Crippen LogP contribution is -2.05. The highest BCUT2D eigenvalue weighted by atomic mass is 16.6. The summed E-state index contributed by atoms with van der Waals surface area (Å²) in [5.41, 5.74) is -0.486. The Kier molecular flexibility index (Phi) is 18.4. The molecule has 0 saturated carbocycles. The Labute approximate surface area is 259 Å². The van der Waals surface area contributed by atoms with Crippen LogP contribution >= 0.6 is 0 Å². The summed E-state index contributed by atoms with van der Waals surface area (Å²) in [6.45, 7) is 2.25. The average Bonchev–Trinajstić information content (AvgIpc) is 2.97. The summed E-state index contributed by atoms with van der Waals surface area (Å²) in [5, 5.41) is 22.9. The largest absolute Gasteiger partial charge is 0.417 e. The molecule has 0 spiro atoms. The lowest BCUT2D eigenvalue weighted by molar-refractivity contribution is -0.385. The number of ether oxygens (including phenoxy) is 2. The van der Waals surface area contributed by atoms with Gasteiger partial charge < -0.3 is 21.8 Å². The summed E-state index contributed by atoms with van der Waals surface area (Å²) in [6.07, 6.45) is 17.9. The third kappa shape index (κ3) is 13.4. The first-order valence-corrected chi connectivity index (χ1v) is 15.1. The number of nitro groups is 2. The smallest absolute Gasteiger partial charge is 0.328 e. The maximum atomic E-state index is 11.4. The SMILES string of the molecule is CCCCCCCCCCCCCCCCc1nc(Oc2ccccc2[N+](=O)[O-])nc(Oc2ccccc2[N+](=O)[O-])n1.N.N. The molecule has 0 fully saturated rings. The number of aryl methyl sites for hydroxylation is 1. The van der Waals surface area contributed by atoms with Crippen molar-refractivity contribution in [3.05, 3.63) is 74.6 Å². The Morgan fingerprint density at radius 3 is 1.32 bits per heavy atom. The normalized spacial score (nSPS) is 10.4. The molecule has 0 bridgehead atoms. The van der Waals surface area contributed by atoms with Gasteiger partial charge in [0.15, 0.2) is 0 Å². The molecule has 3 aromatic rings. The zero-order chi connectivity index (χ0) is 30.0. The van der Waals surface area contributed by atoms with Crippen molar-refractivity contribution in [3.8, 4) is 23.5 Å². The Morgan fingerprint density at radius 1 is 0.568 bits per heavy atom. The predicted octanol–water partition coefficient (Wildman–Crippen LogP) is 9.62. The van der Waals surface area contributed by atoms with E-state index in [2.05, 4.69) is 21.9 Å².